The fourth-order valence-corrected chi connectivity index (χ4v) is 11.6. The van der Waals surface area contributed by atoms with E-state index in [1.807, 2.05) is 0 Å². The molecule has 1 N–H and O–H groups in total. The molecule has 0 spiro atoms. The van der Waals surface area contributed by atoms with Gasteiger partial charge in [0, 0.05) is 0 Å². The van der Waals surface area contributed by atoms with Crippen molar-refractivity contribution in [3.8, 4) is 0 Å². The number of allylic oxidation sites excluding steroid dienone is 1. The van der Waals surface area contributed by atoms with Gasteiger partial charge in [-0.15, -0.1) is 0 Å². The highest BCUT2D eigenvalue weighted by atomic mass is 16.6. The highest BCUT2D eigenvalue weighted by Gasteiger charge is 2.71. The SMILES string of the molecule is C=C(C)C1CCC2(OCO)CCC3(C)C(CCC4[C@@]5(C)CC[C@H](C)C(C)(C)C5CC[C@]43C)C12. The molecule has 10 atom stereocenters. The van der Waals surface area contributed by atoms with Gasteiger partial charge in [-0.1, -0.05) is 53.7 Å². The molecule has 7 unspecified atom stereocenters. The van der Waals surface area contributed by atoms with E-state index in [2.05, 4.69) is 55.0 Å². The van der Waals surface area contributed by atoms with Crippen LogP contribution in [0.5, 0.6) is 0 Å². The molecule has 5 saturated carbocycles. The Hall–Kier alpha value is -0.340. The standard InChI is InChI=1S/C31H52O2/c1-20(2)22-12-16-31(33-19-32)18-17-29(7)23(26(22)31)9-10-25-28(6)14-11-21(3)27(4,5)24(28)13-15-30(25,29)8/h21-26,32H,1,9-19H2,2-8H3/t21-,22?,23?,24?,25?,26?,28-,29?,30+,31?/m0/s1. The average molecular weight is 457 g/mol. The van der Waals surface area contributed by atoms with E-state index in [9.17, 15) is 5.11 Å². The van der Waals surface area contributed by atoms with Gasteiger partial charge in [-0.25, -0.2) is 0 Å². The van der Waals surface area contributed by atoms with Crippen LogP contribution in [0, 0.1) is 57.2 Å². The molecule has 188 valence electrons. The highest BCUT2D eigenvalue weighted by Crippen LogP contribution is 2.77. The van der Waals surface area contributed by atoms with Gasteiger partial charge in [-0.05, 0) is 128 Å². The molecule has 0 aromatic rings. The van der Waals surface area contributed by atoms with Crippen LogP contribution in [0.15, 0.2) is 12.2 Å². The van der Waals surface area contributed by atoms with Gasteiger partial charge in [0.25, 0.3) is 0 Å². The van der Waals surface area contributed by atoms with Crippen molar-refractivity contribution in [2.45, 2.75) is 118 Å². The minimum atomic E-state index is -0.129. The Balaban J connectivity index is 1.54. The molecule has 0 aromatic carbocycles. The van der Waals surface area contributed by atoms with E-state index < -0.39 is 0 Å². The number of rotatable bonds is 3. The lowest BCUT2D eigenvalue weighted by molar-refractivity contribution is -0.262. The van der Waals surface area contributed by atoms with Crippen molar-refractivity contribution in [2.24, 2.45) is 57.2 Å². The Morgan fingerprint density at radius 3 is 2.24 bits per heavy atom. The van der Waals surface area contributed by atoms with E-state index in [1.165, 1.54) is 56.9 Å². The Bertz CT molecular complexity index is 801. The molecule has 0 saturated heterocycles. The molecular formula is C31H52O2. The van der Waals surface area contributed by atoms with Crippen LogP contribution in [0.25, 0.3) is 0 Å². The van der Waals surface area contributed by atoms with Gasteiger partial charge < -0.3 is 9.84 Å². The number of aliphatic hydroxyl groups excluding tert-OH is 1. The molecule has 0 heterocycles. The minimum Gasteiger partial charge on any atom is -0.371 e. The maximum Gasteiger partial charge on any atom is 0.144 e. The van der Waals surface area contributed by atoms with Crippen LogP contribution >= 0.6 is 0 Å². The maximum absolute atomic E-state index is 9.87. The lowest BCUT2D eigenvalue weighted by Crippen LogP contribution is -2.67. The molecule has 33 heavy (non-hydrogen) atoms. The van der Waals surface area contributed by atoms with Crippen molar-refractivity contribution < 1.29 is 9.84 Å². The van der Waals surface area contributed by atoms with Crippen molar-refractivity contribution in [2.75, 3.05) is 6.79 Å². The second-order valence-corrected chi connectivity index (χ2v) is 14.8. The summed E-state index contributed by atoms with van der Waals surface area (Å²) in [5.74, 6) is 4.33. The molecule has 5 aliphatic rings. The van der Waals surface area contributed by atoms with Crippen LogP contribution in [0.4, 0.5) is 0 Å². The molecule has 0 radical (unpaired) electrons. The van der Waals surface area contributed by atoms with Crippen molar-refractivity contribution in [3.05, 3.63) is 12.2 Å². The Morgan fingerprint density at radius 1 is 0.848 bits per heavy atom. The zero-order chi connectivity index (χ0) is 24.0. The van der Waals surface area contributed by atoms with Crippen LogP contribution in [-0.2, 0) is 4.74 Å². The summed E-state index contributed by atoms with van der Waals surface area (Å²) >= 11 is 0. The largest absolute Gasteiger partial charge is 0.371 e. The molecule has 2 heteroatoms. The van der Waals surface area contributed by atoms with Gasteiger partial charge in [-0.2, -0.15) is 0 Å². The summed E-state index contributed by atoms with van der Waals surface area (Å²) in [7, 11) is 0. The fraction of sp³-hybridized carbons (Fsp3) is 0.935. The summed E-state index contributed by atoms with van der Waals surface area (Å²) in [5, 5.41) is 9.87. The van der Waals surface area contributed by atoms with Crippen LogP contribution < -0.4 is 0 Å². The van der Waals surface area contributed by atoms with Gasteiger partial charge in [0.1, 0.15) is 6.79 Å². The summed E-state index contributed by atoms with van der Waals surface area (Å²) in [6, 6.07) is 0. The number of hydrogen-bond acceptors (Lipinski definition) is 2. The third-order valence-electron chi connectivity index (χ3n) is 13.9. The first-order chi connectivity index (χ1) is 15.4. The average Bonchev–Trinajstić information content (AvgIpc) is 3.12. The Labute approximate surface area is 204 Å². The van der Waals surface area contributed by atoms with E-state index in [0.29, 0.717) is 39.4 Å². The van der Waals surface area contributed by atoms with Crippen molar-refractivity contribution in [3.63, 3.8) is 0 Å². The summed E-state index contributed by atoms with van der Waals surface area (Å²) in [6.45, 7) is 22.4. The van der Waals surface area contributed by atoms with E-state index in [4.69, 9.17) is 4.74 Å². The molecule has 0 bridgehead atoms. The monoisotopic (exact) mass is 456 g/mol. The number of fused-ring (bicyclic) bond motifs is 7. The van der Waals surface area contributed by atoms with Crippen LogP contribution in [-0.4, -0.2) is 17.5 Å². The molecule has 5 aliphatic carbocycles. The van der Waals surface area contributed by atoms with Crippen molar-refractivity contribution in [1.82, 2.24) is 0 Å². The molecule has 0 aromatic heterocycles. The van der Waals surface area contributed by atoms with Gasteiger partial charge in [-0.3, -0.25) is 0 Å². The zero-order valence-corrected chi connectivity index (χ0v) is 22.8. The number of ether oxygens (including phenoxy) is 1. The Morgan fingerprint density at radius 2 is 1.58 bits per heavy atom. The summed E-state index contributed by atoms with van der Waals surface area (Å²) in [6.07, 6.45) is 13.1. The maximum atomic E-state index is 9.87. The lowest BCUT2D eigenvalue weighted by Gasteiger charge is -2.73. The van der Waals surface area contributed by atoms with Gasteiger partial charge >= 0.3 is 0 Å². The molecule has 0 amide bonds. The lowest BCUT2D eigenvalue weighted by atomic mass is 9.32. The van der Waals surface area contributed by atoms with Gasteiger partial charge in [0.15, 0.2) is 0 Å². The summed E-state index contributed by atoms with van der Waals surface area (Å²) in [5.41, 5.74) is 2.94. The van der Waals surface area contributed by atoms with E-state index in [-0.39, 0.29) is 12.4 Å². The van der Waals surface area contributed by atoms with Gasteiger partial charge in [0.2, 0.25) is 0 Å². The fourth-order valence-electron chi connectivity index (χ4n) is 11.6. The quantitative estimate of drug-likeness (QED) is 0.344. The molecule has 5 fully saturated rings. The predicted molar refractivity (Wildman–Crippen MR) is 137 cm³/mol. The first-order valence-corrected chi connectivity index (χ1v) is 14.3. The number of hydrogen-bond donors (Lipinski definition) is 1. The van der Waals surface area contributed by atoms with Crippen LogP contribution in [0.3, 0.4) is 0 Å². The second kappa shape index (κ2) is 7.58. The molecule has 5 rings (SSSR count). The van der Waals surface area contributed by atoms with E-state index in [1.54, 1.807) is 0 Å². The second-order valence-electron chi connectivity index (χ2n) is 14.8. The smallest absolute Gasteiger partial charge is 0.144 e. The third kappa shape index (κ3) is 2.98. The minimum absolute atomic E-state index is 0.116. The normalized spacial score (nSPS) is 55.2. The van der Waals surface area contributed by atoms with Crippen LogP contribution in [0.1, 0.15) is 113 Å². The van der Waals surface area contributed by atoms with E-state index >= 15 is 0 Å². The third-order valence-corrected chi connectivity index (χ3v) is 13.9. The number of aliphatic hydroxyl groups is 1. The topological polar surface area (TPSA) is 29.5 Å². The first kappa shape index (κ1) is 24.4. The molecular weight excluding hydrogens is 404 g/mol. The molecule has 2 nitrogen and oxygen atoms in total. The summed E-state index contributed by atoms with van der Waals surface area (Å²) in [4.78, 5) is 0. The Kier molecular flexibility index (Phi) is 5.60. The van der Waals surface area contributed by atoms with Crippen molar-refractivity contribution in [1.29, 1.82) is 0 Å². The van der Waals surface area contributed by atoms with Crippen LogP contribution in [0.2, 0.25) is 0 Å². The van der Waals surface area contributed by atoms with E-state index in [0.717, 1.165) is 30.6 Å². The highest BCUT2D eigenvalue weighted by molar-refractivity contribution is 5.22. The first-order valence-electron chi connectivity index (χ1n) is 14.3. The zero-order valence-electron chi connectivity index (χ0n) is 22.8. The predicted octanol–water partition coefficient (Wildman–Crippen LogP) is 8.00. The van der Waals surface area contributed by atoms with Crippen molar-refractivity contribution >= 4 is 0 Å². The van der Waals surface area contributed by atoms with Gasteiger partial charge in [0.05, 0.1) is 5.60 Å². The molecule has 0 aliphatic heterocycles. The summed E-state index contributed by atoms with van der Waals surface area (Å²) < 4.78 is 6.30.